The molecular weight excluding hydrogens is 404 g/mol. The number of imide groups is 1. The van der Waals surface area contributed by atoms with E-state index in [1.807, 2.05) is 12.1 Å². The van der Waals surface area contributed by atoms with E-state index in [1.54, 1.807) is 63.2 Å². The van der Waals surface area contributed by atoms with Crippen molar-refractivity contribution in [3.63, 3.8) is 0 Å². The summed E-state index contributed by atoms with van der Waals surface area (Å²) >= 11 is 6.24. The molecule has 30 heavy (non-hydrogen) atoms. The third kappa shape index (κ3) is 3.73. The van der Waals surface area contributed by atoms with Crippen LogP contribution in [-0.4, -0.2) is 30.1 Å². The second kappa shape index (κ2) is 8.00. The molecule has 7 heteroatoms. The Labute approximate surface area is 181 Å². The minimum Gasteiger partial charge on any atom is -0.497 e. The molecule has 2 atom stereocenters. The number of carbonyl (C=O) groups excluding carboxylic acids is 2. The number of carbonyl (C=O) groups is 2. The summed E-state index contributed by atoms with van der Waals surface area (Å²) in [5.41, 5.74) is -0.546. The molecule has 1 heterocycles. The number of nitrogens with zero attached hydrogens (tertiary/aromatic N) is 2. The van der Waals surface area contributed by atoms with Crippen molar-refractivity contribution in [2.24, 2.45) is 0 Å². The van der Waals surface area contributed by atoms with Gasteiger partial charge in [-0.05, 0) is 51.0 Å². The molecule has 156 valence electrons. The highest BCUT2D eigenvalue weighted by atomic mass is 35.5. The van der Waals surface area contributed by atoms with Gasteiger partial charge in [0.1, 0.15) is 22.1 Å². The molecule has 0 saturated carbocycles. The second-order valence-electron chi connectivity index (χ2n) is 8.08. The fraction of sp³-hybridized carbons (Fsp3) is 0.348. The summed E-state index contributed by atoms with van der Waals surface area (Å²) in [4.78, 5) is 27.9. The maximum Gasteiger partial charge on any atom is 0.421 e. The Morgan fingerprint density at radius 3 is 2.47 bits per heavy atom. The topological polar surface area (TPSA) is 79.6 Å². The molecule has 0 radical (unpaired) electrons. The first kappa shape index (κ1) is 21.7. The minimum atomic E-state index is -1.33. The Kier molecular flexibility index (Phi) is 5.78. The van der Waals surface area contributed by atoms with Crippen LogP contribution in [0.1, 0.15) is 38.3 Å². The van der Waals surface area contributed by atoms with Crippen molar-refractivity contribution < 1.29 is 19.1 Å². The normalized spacial score (nSPS) is 19.1. The first-order chi connectivity index (χ1) is 14.1. The van der Waals surface area contributed by atoms with E-state index < -0.39 is 28.4 Å². The summed E-state index contributed by atoms with van der Waals surface area (Å²) in [6.45, 7) is 5.19. The van der Waals surface area contributed by atoms with E-state index in [0.29, 0.717) is 22.6 Å². The van der Waals surface area contributed by atoms with Gasteiger partial charge in [-0.3, -0.25) is 4.79 Å². The zero-order chi connectivity index (χ0) is 22.1. The second-order valence-corrected chi connectivity index (χ2v) is 8.60. The molecule has 2 aromatic rings. The lowest BCUT2D eigenvalue weighted by atomic mass is 9.72. The van der Waals surface area contributed by atoms with Crippen molar-refractivity contribution >= 4 is 29.3 Å². The van der Waals surface area contributed by atoms with Crippen molar-refractivity contribution in [2.75, 3.05) is 12.0 Å². The van der Waals surface area contributed by atoms with Gasteiger partial charge in [0, 0.05) is 5.56 Å². The zero-order valence-corrected chi connectivity index (χ0v) is 18.1. The Morgan fingerprint density at radius 2 is 1.90 bits per heavy atom. The van der Waals surface area contributed by atoms with Gasteiger partial charge in [0.25, 0.3) is 5.91 Å². The molecular formula is C23H23ClN2O4. The number of amides is 2. The van der Waals surface area contributed by atoms with E-state index >= 15 is 0 Å². The molecule has 3 rings (SSSR count). The number of hydrogen-bond acceptors (Lipinski definition) is 5. The van der Waals surface area contributed by atoms with Gasteiger partial charge in [-0.25, -0.2) is 9.69 Å². The number of fused-ring (bicyclic) bond motifs is 1. The van der Waals surface area contributed by atoms with Crippen LogP contribution >= 0.6 is 11.6 Å². The molecule has 6 nitrogen and oxygen atoms in total. The molecule has 0 aromatic heterocycles. The molecule has 0 aliphatic carbocycles. The highest BCUT2D eigenvalue weighted by Crippen LogP contribution is 2.51. The largest absolute Gasteiger partial charge is 0.497 e. The number of methoxy groups -OCH3 is 1. The van der Waals surface area contributed by atoms with Gasteiger partial charge in [-0.1, -0.05) is 30.3 Å². The van der Waals surface area contributed by atoms with Gasteiger partial charge in [0.2, 0.25) is 0 Å². The number of rotatable bonds is 4. The van der Waals surface area contributed by atoms with Gasteiger partial charge in [0.15, 0.2) is 0 Å². The highest BCUT2D eigenvalue weighted by molar-refractivity contribution is 6.25. The minimum absolute atomic E-state index is 0.00658. The Morgan fingerprint density at radius 1 is 1.23 bits per heavy atom. The predicted octanol–water partition coefficient (Wildman–Crippen LogP) is 4.78. The molecule has 1 aliphatic heterocycles. The first-order valence-corrected chi connectivity index (χ1v) is 9.93. The van der Waals surface area contributed by atoms with Crippen LogP contribution in [-0.2, 0) is 14.9 Å². The average molecular weight is 427 g/mol. The summed E-state index contributed by atoms with van der Waals surface area (Å²) in [6.07, 6.45) is -0.785. The Balaban J connectivity index is 2.28. The number of benzene rings is 2. The summed E-state index contributed by atoms with van der Waals surface area (Å²) in [5.74, 6) is 0.0167. The zero-order valence-electron chi connectivity index (χ0n) is 17.3. The smallest absolute Gasteiger partial charge is 0.421 e. The Hall–Kier alpha value is -3.04. The lowest BCUT2D eigenvalue weighted by molar-refractivity contribution is -0.121. The highest BCUT2D eigenvalue weighted by Gasteiger charge is 2.55. The van der Waals surface area contributed by atoms with Gasteiger partial charge >= 0.3 is 6.09 Å². The van der Waals surface area contributed by atoms with Gasteiger partial charge in [-0.15, -0.1) is 11.6 Å². The third-order valence-electron chi connectivity index (χ3n) is 4.94. The van der Waals surface area contributed by atoms with Gasteiger partial charge in [-0.2, -0.15) is 5.26 Å². The fourth-order valence-corrected chi connectivity index (χ4v) is 3.95. The lowest BCUT2D eigenvalue weighted by Crippen LogP contribution is -2.46. The monoisotopic (exact) mass is 426 g/mol. The van der Waals surface area contributed by atoms with Crippen LogP contribution in [0.25, 0.3) is 0 Å². The molecule has 1 aliphatic rings. The number of anilines is 1. The quantitative estimate of drug-likeness (QED) is 0.657. The number of nitriles is 1. The average Bonchev–Trinajstić information content (AvgIpc) is 2.95. The number of hydrogen-bond donors (Lipinski definition) is 0. The van der Waals surface area contributed by atoms with Crippen molar-refractivity contribution in [3.8, 4) is 11.8 Å². The predicted molar refractivity (Wildman–Crippen MR) is 114 cm³/mol. The van der Waals surface area contributed by atoms with E-state index in [1.165, 1.54) is 7.11 Å². The molecule has 2 amide bonds. The molecule has 0 N–H and O–H groups in total. The van der Waals surface area contributed by atoms with Crippen molar-refractivity contribution in [1.29, 1.82) is 5.26 Å². The maximum atomic E-state index is 13.9. The summed E-state index contributed by atoms with van der Waals surface area (Å²) in [5, 5.41) is 8.44. The van der Waals surface area contributed by atoms with Gasteiger partial charge < -0.3 is 9.47 Å². The van der Waals surface area contributed by atoms with Crippen LogP contribution in [0.2, 0.25) is 0 Å². The van der Waals surface area contributed by atoms with E-state index in [-0.39, 0.29) is 6.42 Å². The number of ether oxygens (including phenoxy) is 2. The molecule has 0 saturated heterocycles. The van der Waals surface area contributed by atoms with Crippen LogP contribution in [0.4, 0.5) is 10.5 Å². The van der Waals surface area contributed by atoms with Crippen LogP contribution in [0.15, 0.2) is 48.5 Å². The standard InChI is InChI=1S/C23H23ClN2O4/c1-22(2,3)30-21(28)26-19-11-10-17(29-4)12-18(19)23(20(26)27,13-16(24)14-25)15-8-6-5-7-9-15/h5-12,16H,13H2,1-4H3/t16-,23+/m0/s1. The van der Waals surface area contributed by atoms with E-state index in [0.717, 1.165) is 4.90 Å². The maximum absolute atomic E-state index is 13.9. The number of halogens is 1. The van der Waals surface area contributed by atoms with Crippen molar-refractivity contribution in [2.45, 2.75) is 43.6 Å². The fourth-order valence-electron chi connectivity index (χ4n) is 3.71. The van der Waals surface area contributed by atoms with Crippen LogP contribution in [0.3, 0.4) is 0 Å². The summed E-state index contributed by atoms with van der Waals surface area (Å²) in [6, 6.07) is 16.1. The summed E-state index contributed by atoms with van der Waals surface area (Å²) < 4.78 is 10.9. The van der Waals surface area contributed by atoms with E-state index in [9.17, 15) is 14.9 Å². The molecule has 0 unspecified atom stereocenters. The van der Waals surface area contributed by atoms with Crippen LogP contribution in [0.5, 0.6) is 5.75 Å². The van der Waals surface area contributed by atoms with E-state index in [2.05, 4.69) is 0 Å². The lowest BCUT2D eigenvalue weighted by Gasteiger charge is -2.30. The third-order valence-corrected chi connectivity index (χ3v) is 5.19. The van der Waals surface area contributed by atoms with Crippen LogP contribution in [0, 0.1) is 11.3 Å². The van der Waals surface area contributed by atoms with Crippen molar-refractivity contribution in [1.82, 2.24) is 0 Å². The van der Waals surface area contributed by atoms with Crippen LogP contribution < -0.4 is 9.64 Å². The number of alkyl halides is 1. The van der Waals surface area contributed by atoms with Gasteiger partial charge in [0.05, 0.1) is 18.9 Å². The summed E-state index contributed by atoms with van der Waals surface area (Å²) in [7, 11) is 1.52. The first-order valence-electron chi connectivity index (χ1n) is 9.49. The van der Waals surface area contributed by atoms with Crippen molar-refractivity contribution in [3.05, 3.63) is 59.7 Å². The SMILES string of the molecule is COc1ccc2c(c1)[C@@](C[C@H](Cl)C#N)(c1ccccc1)C(=O)N2C(=O)OC(C)(C)C. The Bertz CT molecular complexity index is 1010. The molecule has 2 aromatic carbocycles. The molecule has 0 spiro atoms. The molecule has 0 fully saturated rings. The van der Waals surface area contributed by atoms with E-state index in [4.69, 9.17) is 21.1 Å². The molecule has 0 bridgehead atoms.